The highest BCUT2D eigenvalue weighted by Gasteiger charge is 2.13. The van der Waals surface area contributed by atoms with Crippen LogP contribution in [0, 0.1) is 11.7 Å². The van der Waals surface area contributed by atoms with Gasteiger partial charge in [0, 0.05) is 13.1 Å². The van der Waals surface area contributed by atoms with Crippen molar-refractivity contribution in [2.24, 2.45) is 5.10 Å². The second kappa shape index (κ2) is 9.86. The standard InChI is InChI=1S/C18H25N5O3S/c1-5-22(6-2)17(24)12-26-15-9-8-14(10-16(15)25-7-3)11-19-23-13(4)20-21-18(23)27/h8-11H,5-7,12H2,1-4H3,(H,21,27)/b19-11-. The SMILES string of the molecule is CCOc1cc(/C=N\n2c(C)n[nH]c2=S)ccc1OCC(=O)N(CC)CC. The lowest BCUT2D eigenvalue weighted by atomic mass is 10.2. The van der Waals surface area contributed by atoms with Crippen LogP contribution in [0.5, 0.6) is 11.5 Å². The molecule has 146 valence electrons. The van der Waals surface area contributed by atoms with Gasteiger partial charge in [-0.1, -0.05) is 0 Å². The average Bonchev–Trinajstić information content (AvgIpc) is 2.98. The van der Waals surface area contributed by atoms with Crippen LogP contribution in [0.15, 0.2) is 23.3 Å². The third kappa shape index (κ3) is 5.40. The zero-order chi connectivity index (χ0) is 19.8. The fourth-order valence-electron chi connectivity index (χ4n) is 2.43. The molecule has 9 heteroatoms. The lowest BCUT2D eigenvalue weighted by molar-refractivity contribution is -0.132. The summed E-state index contributed by atoms with van der Waals surface area (Å²) >= 11 is 5.13. The predicted octanol–water partition coefficient (Wildman–Crippen LogP) is 2.78. The van der Waals surface area contributed by atoms with E-state index in [4.69, 9.17) is 21.7 Å². The molecule has 0 radical (unpaired) electrons. The molecule has 2 rings (SSSR count). The number of nitrogens with zero attached hydrogens (tertiary/aromatic N) is 4. The van der Waals surface area contributed by atoms with Crippen molar-refractivity contribution < 1.29 is 14.3 Å². The van der Waals surface area contributed by atoms with E-state index >= 15 is 0 Å². The van der Waals surface area contributed by atoms with Gasteiger partial charge in [-0.3, -0.25) is 9.89 Å². The molecule has 8 nitrogen and oxygen atoms in total. The summed E-state index contributed by atoms with van der Waals surface area (Å²) < 4.78 is 13.3. The summed E-state index contributed by atoms with van der Waals surface area (Å²) in [6.07, 6.45) is 1.66. The van der Waals surface area contributed by atoms with Crippen LogP contribution in [-0.2, 0) is 4.79 Å². The first-order valence-corrected chi connectivity index (χ1v) is 9.26. The normalized spacial score (nSPS) is 11.0. The van der Waals surface area contributed by atoms with Gasteiger partial charge in [0.1, 0.15) is 5.82 Å². The molecule has 1 N–H and O–H groups in total. The van der Waals surface area contributed by atoms with Crippen molar-refractivity contribution in [3.05, 3.63) is 34.4 Å². The third-order valence-corrected chi connectivity index (χ3v) is 4.13. The smallest absolute Gasteiger partial charge is 0.260 e. The maximum absolute atomic E-state index is 12.1. The number of benzene rings is 1. The van der Waals surface area contributed by atoms with Crippen LogP contribution in [0.3, 0.4) is 0 Å². The lowest BCUT2D eigenvalue weighted by Crippen LogP contribution is -2.34. The molecule has 0 saturated heterocycles. The highest BCUT2D eigenvalue weighted by molar-refractivity contribution is 7.71. The summed E-state index contributed by atoms with van der Waals surface area (Å²) in [7, 11) is 0. The molecule has 2 aromatic rings. The molecule has 0 saturated carbocycles. The zero-order valence-electron chi connectivity index (χ0n) is 16.1. The van der Waals surface area contributed by atoms with E-state index in [9.17, 15) is 4.79 Å². The summed E-state index contributed by atoms with van der Waals surface area (Å²) in [5.74, 6) is 1.68. The van der Waals surface area contributed by atoms with Crippen molar-refractivity contribution in [2.45, 2.75) is 27.7 Å². The Morgan fingerprint density at radius 1 is 1.30 bits per heavy atom. The maximum Gasteiger partial charge on any atom is 0.260 e. The fourth-order valence-corrected chi connectivity index (χ4v) is 2.66. The van der Waals surface area contributed by atoms with Gasteiger partial charge in [-0.05, 0) is 63.7 Å². The third-order valence-electron chi connectivity index (χ3n) is 3.87. The van der Waals surface area contributed by atoms with Crippen LogP contribution >= 0.6 is 12.2 Å². The molecular formula is C18H25N5O3S. The predicted molar refractivity (Wildman–Crippen MR) is 106 cm³/mol. The van der Waals surface area contributed by atoms with E-state index in [1.54, 1.807) is 24.1 Å². The molecule has 1 amide bonds. The van der Waals surface area contributed by atoms with Gasteiger partial charge in [-0.25, -0.2) is 0 Å². The van der Waals surface area contributed by atoms with Crippen LogP contribution in [0.25, 0.3) is 0 Å². The first-order chi connectivity index (χ1) is 13.0. The Labute approximate surface area is 163 Å². The number of ether oxygens (including phenoxy) is 2. The van der Waals surface area contributed by atoms with Gasteiger partial charge in [0.2, 0.25) is 4.77 Å². The highest BCUT2D eigenvalue weighted by atomic mass is 32.1. The van der Waals surface area contributed by atoms with Crippen molar-refractivity contribution in [1.29, 1.82) is 0 Å². The van der Waals surface area contributed by atoms with Gasteiger partial charge in [-0.2, -0.15) is 14.9 Å². The second-order valence-electron chi connectivity index (χ2n) is 5.63. The van der Waals surface area contributed by atoms with Crippen LogP contribution in [0.2, 0.25) is 0 Å². The van der Waals surface area contributed by atoms with Crippen LogP contribution < -0.4 is 9.47 Å². The minimum absolute atomic E-state index is 0.0292. The molecule has 0 spiro atoms. The number of likely N-dealkylation sites (N-methyl/N-ethyl adjacent to an activating group) is 1. The largest absolute Gasteiger partial charge is 0.490 e. The maximum atomic E-state index is 12.1. The molecule has 27 heavy (non-hydrogen) atoms. The van der Waals surface area contributed by atoms with Gasteiger partial charge in [0.15, 0.2) is 18.1 Å². The molecule has 0 unspecified atom stereocenters. The molecule has 0 aliphatic rings. The average molecular weight is 391 g/mol. The lowest BCUT2D eigenvalue weighted by Gasteiger charge is -2.19. The van der Waals surface area contributed by atoms with Crippen molar-refractivity contribution in [2.75, 3.05) is 26.3 Å². The van der Waals surface area contributed by atoms with Crippen LogP contribution in [0.1, 0.15) is 32.2 Å². The number of aromatic amines is 1. The van der Waals surface area contributed by atoms with E-state index in [0.717, 1.165) is 5.56 Å². The molecule has 0 fully saturated rings. The number of hydrogen-bond acceptors (Lipinski definition) is 6. The van der Waals surface area contributed by atoms with Crippen LogP contribution in [-0.4, -0.2) is 58.2 Å². The first-order valence-electron chi connectivity index (χ1n) is 8.85. The van der Waals surface area contributed by atoms with E-state index in [-0.39, 0.29) is 12.5 Å². The molecule has 0 atom stereocenters. The summed E-state index contributed by atoms with van der Waals surface area (Å²) in [4.78, 5) is 13.9. The number of H-pyrrole nitrogens is 1. The van der Waals surface area contributed by atoms with Gasteiger partial charge in [-0.15, -0.1) is 0 Å². The summed E-state index contributed by atoms with van der Waals surface area (Å²) in [5.41, 5.74) is 0.809. The molecule has 0 aliphatic heterocycles. The number of carbonyl (C=O) groups excluding carboxylic acids is 1. The van der Waals surface area contributed by atoms with Crippen molar-refractivity contribution in [3.63, 3.8) is 0 Å². The van der Waals surface area contributed by atoms with Crippen molar-refractivity contribution in [1.82, 2.24) is 19.8 Å². The number of amides is 1. The zero-order valence-corrected chi connectivity index (χ0v) is 16.9. The minimum atomic E-state index is -0.0575. The van der Waals surface area contributed by atoms with E-state index in [1.807, 2.05) is 32.9 Å². The van der Waals surface area contributed by atoms with Gasteiger partial charge in [0.05, 0.1) is 12.8 Å². The summed E-state index contributed by atoms with van der Waals surface area (Å²) in [6.45, 7) is 9.33. The van der Waals surface area contributed by atoms with Gasteiger partial charge >= 0.3 is 0 Å². The number of hydrogen-bond donors (Lipinski definition) is 1. The highest BCUT2D eigenvalue weighted by Crippen LogP contribution is 2.28. The fraction of sp³-hybridized carbons (Fsp3) is 0.444. The molecule has 1 heterocycles. The minimum Gasteiger partial charge on any atom is -0.490 e. The monoisotopic (exact) mass is 391 g/mol. The van der Waals surface area contributed by atoms with E-state index in [0.29, 0.717) is 41.8 Å². The van der Waals surface area contributed by atoms with Gasteiger partial charge in [0.25, 0.3) is 5.91 Å². The Hall–Kier alpha value is -2.68. The Bertz CT molecular complexity index is 855. The molecule has 1 aromatic carbocycles. The number of nitrogens with one attached hydrogen (secondary N) is 1. The Kier molecular flexibility index (Phi) is 7.54. The Balaban J connectivity index is 2.16. The Morgan fingerprint density at radius 2 is 2.04 bits per heavy atom. The molecule has 0 bridgehead atoms. The van der Waals surface area contributed by atoms with E-state index < -0.39 is 0 Å². The number of carbonyl (C=O) groups is 1. The first kappa shape index (κ1) is 20.6. The number of aryl methyl sites for hydroxylation is 1. The van der Waals surface area contributed by atoms with Crippen molar-refractivity contribution >= 4 is 24.3 Å². The van der Waals surface area contributed by atoms with E-state index in [2.05, 4.69) is 15.3 Å². The molecule has 0 aliphatic carbocycles. The van der Waals surface area contributed by atoms with Crippen molar-refractivity contribution in [3.8, 4) is 11.5 Å². The topological polar surface area (TPSA) is 84.7 Å². The number of aromatic nitrogens is 3. The quantitative estimate of drug-likeness (QED) is 0.525. The Morgan fingerprint density at radius 3 is 2.63 bits per heavy atom. The number of rotatable bonds is 9. The molecular weight excluding hydrogens is 366 g/mol. The summed E-state index contributed by atoms with van der Waals surface area (Å²) in [5, 5.41) is 11.0. The molecule has 1 aromatic heterocycles. The second-order valence-corrected chi connectivity index (χ2v) is 6.01. The van der Waals surface area contributed by atoms with E-state index in [1.165, 1.54) is 4.68 Å². The van der Waals surface area contributed by atoms with Gasteiger partial charge < -0.3 is 14.4 Å². The summed E-state index contributed by atoms with van der Waals surface area (Å²) in [6, 6.07) is 5.41. The van der Waals surface area contributed by atoms with Crippen LogP contribution in [0.4, 0.5) is 0 Å².